The molecule has 3 heterocycles. The molecule has 3 nitrogen and oxygen atoms in total. The first-order valence-electron chi connectivity index (χ1n) is 16.8. The molecule has 0 fully saturated rings. The molecule has 4 aromatic carbocycles. The summed E-state index contributed by atoms with van der Waals surface area (Å²) in [7, 11) is 0. The molecule has 3 aromatic heterocycles. The van der Waals surface area contributed by atoms with Crippen LogP contribution < -0.4 is 4.40 Å². The van der Waals surface area contributed by atoms with E-state index in [4.69, 9.17) is 4.42 Å². The van der Waals surface area contributed by atoms with Crippen LogP contribution in [0.1, 0.15) is 36.1 Å². The van der Waals surface area contributed by atoms with Crippen molar-refractivity contribution in [3.05, 3.63) is 138 Å². The van der Waals surface area contributed by atoms with Crippen LogP contribution in [0.25, 0.3) is 55.6 Å². The van der Waals surface area contributed by atoms with Gasteiger partial charge in [-0.1, -0.05) is 78.9 Å². The van der Waals surface area contributed by atoms with Crippen molar-refractivity contribution in [1.82, 2.24) is 9.97 Å². The summed E-state index contributed by atoms with van der Waals surface area (Å²) < 4.78 is 7.84. The van der Waals surface area contributed by atoms with E-state index in [9.17, 15) is 0 Å². The van der Waals surface area contributed by atoms with Crippen LogP contribution in [-0.4, -0.2) is 23.2 Å². The van der Waals surface area contributed by atoms with E-state index in [-0.39, 0.29) is 20.1 Å². The molecule has 0 amide bonds. The number of pyridine rings is 2. The van der Waals surface area contributed by atoms with Gasteiger partial charge in [0, 0.05) is 31.7 Å². The molecule has 0 aliphatic carbocycles. The van der Waals surface area contributed by atoms with Crippen molar-refractivity contribution in [2.24, 2.45) is 5.92 Å². The second-order valence-corrected chi connectivity index (χ2v) is 24.8. The Kier molecular flexibility index (Phi) is 11.4. The molecular formula is C44H44GeIrN2O-2. The number of hydrogen-bond donors (Lipinski definition) is 0. The average molecular weight is 882 g/mol. The fourth-order valence-electron chi connectivity index (χ4n) is 6.26. The molecule has 0 N–H and O–H groups in total. The number of rotatable bonds is 6. The molecule has 0 saturated carbocycles. The topological polar surface area (TPSA) is 38.9 Å². The second kappa shape index (κ2) is 15.4. The predicted molar refractivity (Wildman–Crippen MR) is 205 cm³/mol. The summed E-state index contributed by atoms with van der Waals surface area (Å²) >= 11 is -1.80. The fourth-order valence-corrected chi connectivity index (χ4v) is 9.84. The molecule has 0 aliphatic heterocycles. The fraction of sp³-hybridized carbons (Fsp3) is 0.227. The number of aromatic nitrogens is 2. The number of fused-ring (bicyclic) bond motifs is 3. The van der Waals surface area contributed by atoms with E-state index in [0.29, 0.717) is 5.92 Å². The van der Waals surface area contributed by atoms with Crippen LogP contribution in [-0.2, 0) is 26.5 Å². The molecule has 0 atom stereocenters. The van der Waals surface area contributed by atoms with Gasteiger partial charge >= 0.3 is 119 Å². The maximum atomic E-state index is 6.35. The van der Waals surface area contributed by atoms with Crippen LogP contribution >= 0.6 is 0 Å². The van der Waals surface area contributed by atoms with Gasteiger partial charge in [0.25, 0.3) is 0 Å². The van der Waals surface area contributed by atoms with Gasteiger partial charge in [0.15, 0.2) is 0 Å². The van der Waals surface area contributed by atoms with E-state index in [1.165, 1.54) is 32.2 Å². The minimum atomic E-state index is -1.80. The van der Waals surface area contributed by atoms with Crippen LogP contribution in [0.3, 0.4) is 0 Å². The number of nitrogens with zero attached hydrogens (tertiary/aromatic N) is 2. The van der Waals surface area contributed by atoms with E-state index >= 15 is 0 Å². The van der Waals surface area contributed by atoms with Crippen molar-refractivity contribution < 1.29 is 24.5 Å². The Hall–Kier alpha value is -3.83. The van der Waals surface area contributed by atoms with E-state index in [1.807, 2.05) is 18.3 Å². The van der Waals surface area contributed by atoms with Crippen molar-refractivity contribution >= 4 is 39.6 Å². The average Bonchev–Trinajstić information content (AvgIpc) is 3.44. The molecule has 0 bridgehead atoms. The number of benzene rings is 4. The van der Waals surface area contributed by atoms with Gasteiger partial charge in [-0.15, -0.1) is 18.2 Å². The number of aryl methyl sites for hydroxylation is 3. The van der Waals surface area contributed by atoms with Crippen molar-refractivity contribution in [3.63, 3.8) is 0 Å². The minimum Gasteiger partial charge on any atom is 0 e. The molecule has 49 heavy (non-hydrogen) atoms. The normalized spacial score (nSPS) is 11.4. The Morgan fingerprint density at radius 1 is 0.735 bits per heavy atom. The Bertz CT molecular complexity index is 2210. The third-order valence-electron chi connectivity index (χ3n) is 8.89. The van der Waals surface area contributed by atoms with Crippen molar-refractivity contribution in [2.75, 3.05) is 0 Å². The number of furan rings is 1. The van der Waals surface area contributed by atoms with E-state index in [2.05, 4.69) is 159 Å². The summed E-state index contributed by atoms with van der Waals surface area (Å²) in [5.74, 6) is 7.83. The summed E-state index contributed by atoms with van der Waals surface area (Å²) in [5, 5.41) is 2.22. The molecule has 7 rings (SSSR count). The monoisotopic (exact) mass is 883 g/mol. The van der Waals surface area contributed by atoms with Crippen LogP contribution in [0.4, 0.5) is 0 Å². The molecule has 251 valence electrons. The largest absolute Gasteiger partial charge is 0 e. The van der Waals surface area contributed by atoms with Crippen LogP contribution in [0.15, 0.2) is 108 Å². The summed E-state index contributed by atoms with van der Waals surface area (Å²) in [6.07, 6.45) is 5.01. The minimum absolute atomic E-state index is 0. The smallest absolute Gasteiger partial charge is 0 e. The van der Waals surface area contributed by atoms with Gasteiger partial charge in [0.1, 0.15) is 5.58 Å². The van der Waals surface area contributed by atoms with Crippen LogP contribution in [0, 0.1) is 38.8 Å². The third-order valence-corrected chi connectivity index (χ3v) is 13.4. The van der Waals surface area contributed by atoms with Gasteiger partial charge in [-0.05, 0) is 41.3 Å². The summed E-state index contributed by atoms with van der Waals surface area (Å²) in [5.41, 5.74) is 13.3. The molecule has 0 spiro atoms. The van der Waals surface area contributed by atoms with Crippen LogP contribution in [0.2, 0.25) is 17.3 Å². The molecule has 1 radical (unpaired) electrons. The zero-order valence-electron chi connectivity index (χ0n) is 29.7. The van der Waals surface area contributed by atoms with Gasteiger partial charge in [-0.25, -0.2) is 0 Å². The standard InChI is InChI=1S/C27H22NO.C17H22GeN.Ir/c1-18(2)15-19-13-14-28-25(16-19)24-10-6-9-23-22-12-11-21(17-26(22)29-27(23)24)20-7-4-3-5-8-20;1-12-7-8-15(9-13(12)2)17-10-14(3)16(11-19-17)18(4,5)6;/h3-9,11-14,16-18H,15H2,1-2H3;7,9-11H,1-6H3;/q2*-1;. The summed E-state index contributed by atoms with van der Waals surface area (Å²) in [4.78, 5) is 9.27. The molecule has 7 aromatic rings. The van der Waals surface area contributed by atoms with Crippen molar-refractivity contribution in [3.8, 4) is 33.6 Å². The maximum absolute atomic E-state index is 6.35. The van der Waals surface area contributed by atoms with Crippen molar-refractivity contribution in [2.45, 2.75) is 58.3 Å². The number of hydrogen-bond acceptors (Lipinski definition) is 3. The maximum Gasteiger partial charge on any atom is 0 e. The van der Waals surface area contributed by atoms with Crippen molar-refractivity contribution in [1.29, 1.82) is 0 Å². The molecule has 5 heteroatoms. The molecule has 0 aliphatic rings. The van der Waals surface area contributed by atoms with E-state index < -0.39 is 13.3 Å². The first kappa shape index (κ1) is 36.5. The van der Waals surface area contributed by atoms with Crippen LogP contribution in [0.5, 0.6) is 0 Å². The zero-order valence-corrected chi connectivity index (χ0v) is 34.2. The first-order valence-corrected chi connectivity index (χ1v) is 24.2. The molecule has 0 unspecified atom stereocenters. The SMILES string of the molecule is CC(C)Cc1ccnc(-c2[c-]ccc3c2oc2cc(-c4ccccc4)ccc23)c1.Cc1c[c-]c(-c2cc(C)[c]([Ge]([CH3])([CH3])[CH3])cn2)cc1C.[Ir]. The molecule has 0 saturated heterocycles. The quantitative estimate of drug-likeness (QED) is 0.123. The zero-order chi connectivity index (χ0) is 34.0. The van der Waals surface area contributed by atoms with E-state index in [0.717, 1.165) is 56.4 Å². The molecular weight excluding hydrogens is 837 g/mol. The van der Waals surface area contributed by atoms with Gasteiger partial charge in [0.2, 0.25) is 0 Å². The Morgan fingerprint density at radius 2 is 1.51 bits per heavy atom. The predicted octanol–water partition coefficient (Wildman–Crippen LogP) is 11.3. The Labute approximate surface area is 307 Å². The van der Waals surface area contributed by atoms with Gasteiger partial charge in [-0.3, -0.25) is 0 Å². The van der Waals surface area contributed by atoms with Gasteiger partial charge in [-0.2, -0.15) is 0 Å². The Morgan fingerprint density at radius 3 is 2.20 bits per heavy atom. The Balaban J connectivity index is 0.000000205. The van der Waals surface area contributed by atoms with Gasteiger partial charge in [0.05, 0.1) is 5.58 Å². The first-order chi connectivity index (χ1) is 23.0. The third kappa shape index (κ3) is 8.32. The van der Waals surface area contributed by atoms with Gasteiger partial charge < -0.3 is 9.40 Å². The summed E-state index contributed by atoms with van der Waals surface area (Å²) in [6, 6.07) is 38.2. The van der Waals surface area contributed by atoms with E-state index in [1.54, 1.807) is 0 Å². The summed E-state index contributed by atoms with van der Waals surface area (Å²) in [6.45, 7) is 10.9. The second-order valence-electron chi connectivity index (χ2n) is 14.3.